The Labute approximate surface area is 225 Å². The largest absolute Gasteiger partial charge is 0.490 e. The number of para-hydroxylation sites is 1. The van der Waals surface area contributed by atoms with Crippen LogP contribution in [0.1, 0.15) is 47.4 Å². The lowest BCUT2D eigenvalue weighted by Crippen LogP contribution is -2.30. The van der Waals surface area contributed by atoms with Crippen LogP contribution in [0, 0.1) is 0 Å². The van der Waals surface area contributed by atoms with Crippen LogP contribution < -0.4 is 10.1 Å². The quantitative estimate of drug-likeness (QED) is 0.228. The van der Waals surface area contributed by atoms with Gasteiger partial charge in [-0.1, -0.05) is 84.9 Å². The van der Waals surface area contributed by atoms with Gasteiger partial charge in [-0.3, -0.25) is 4.79 Å². The lowest BCUT2D eigenvalue weighted by Gasteiger charge is -2.33. The second-order valence-electron chi connectivity index (χ2n) is 9.63. The van der Waals surface area contributed by atoms with Crippen molar-refractivity contribution in [2.75, 3.05) is 13.1 Å². The lowest BCUT2D eigenvalue weighted by atomic mass is 9.83. The molecule has 2 N–H and O–H groups in total. The summed E-state index contributed by atoms with van der Waals surface area (Å²) in [5.74, 6) is 0.454. The molecule has 5 rings (SSSR count). The second-order valence-corrected chi connectivity index (χ2v) is 9.63. The number of hydrogen-bond donors (Lipinski definition) is 2. The van der Waals surface area contributed by atoms with E-state index < -0.39 is 5.97 Å². The molecule has 4 nitrogen and oxygen atoms in total. The van der Waals surface area contributed by atoms with Gasteiger partial charge in [-0.2, -0.15) is 0 Å². The molecule has 0 saturated carbocycles. The van der Waals surface area contributed by atoms with Gasteiger partial charge in [-0.05, 0) is 72.3 Å². The van der Waals surface area contributed by atoms with E-state index >= 15 is 0 Å². The number of carboxylic acids is 1. The van der Waals surface area contributed by atoms with Gasteiger partial charge in [0.1, 0.15) is 11.9 Å². The Kier molecular flexibility index (Phi) is 9.21. The van der Waals surface area contributed by atoms with Crippen LogP contribution in [0.4, 0.5) is 0 Å². The highest BCUT2D eigenvalue weighted by atomic mass is 35.5. The number of halogens is 1. The third-order valence-corrected chi connectivity index (χ3v) is 7.16. The summed E-state index contributed by atoms with van der Waals surface area (Å²) in [5.41, 5.74) is 4.91. The zero-order chi connectivity index (χ0) is 24.7. The first-order valence-electron chi connectivity index (χ1n) is 12.9. The molecule has 0 spiro atoms. The van der Waals surface area contributed by atoms with Crippen molar-refractivity contribution in [3.05, 3.63) is 113 Å². The van der Waals surface area contributed by atoms with Gasteiger partial charge in [0, 0.05) is 17.9 Å². The molecule has 1 aliphatic rings. The highest BCUT2D eigenvalue weighted by molar-refractivity contribution is 5.86. The van der Waals surface area contributed by atoms with Gasteiger partial charge >= 0.3 is 5.97 Å². The molecule has 0 radical (unpaired) electrons. The van der Waals surface area contributed by atoms with Crippen molar-refractivity contribution in [1.82, 2.24) is 5.32 Å². The summed E-state index contributed by atoms with van der Waals surface area (Å²) in [5, 5.41) is 15.3. The molecular formula is C32H34ClNO3. The summed E-state index contributed by atoms with van der Waals surface area (Å²) in [4.78, 5) is 11.0. The van der Waals surface area contributed by atoms with Crippen LogP contribution in [0.2, 0.25) is 0 Å². The van der Waals surface area contributed by atoms with Gasteiger partial charge in [0.05, 0.1) is 0 Å². The molecule has 0 aromatic heterocycles. The predicted octanol–water partition coefficient (Wildman–Crippen LogP) is 6.78. The van der Waals surface area contributed by atoms with Crippen molar-refractivity contribution in [3.8, 4) is 5.75 Å². The third kappa shape index (κ3) is 6.71. The molecule has 2 unspecified atom stereocenters. The zero-order valence-electron chi connectivity index (χ0n) is 20.9. The SMILES string of the molecule is Cl.O=C(O)CCc1cccc(C2CC(CCNCCc3cccc4ccccc34)Oc3ccccc32)c1. The number of aliphatic carboxylic acids is 1. The first-order chi connectivity index (χ1) is 17.7. The maximum atomic E-state index is 11.0. The summed E-state index contributed by atoms with van der Waals surface area (Å²) >= 11 is 0. The van der Waals surface area contributed by atoms with Gasteiger partial charge in [-0.15, -0.1) is 12.4 Å². The first kappa shape index (κ1) is 26.7. The Bertz CT molecular complexity index is 1330. The monoisotopic (exact) mass is 515 g/mol. The second kappa shape index (κ2) is 12.8. The number of benzene rings is 4. The fourth-order valence-corrected chi connectivity index (χ4v) is 5.32. The number of rotatable bonds is 10. The molecule has 0 bridgehead atoms. The van der Waals surface area contributed by atoms with Gasteiger partial charge in [0.25, 0.3) is 0 Å². The highest BCUT2D eigenvalue weighted by Gasteiger charge is 2.29. The molecule has 2 atom stereocenters. The number of ether oxygens (including phenoxy) is 1. The first-order valence-corrected chi connectivity index (χ1v) is 12.9. The summed E-state index contributed by atoms with van der Waals surface area (Å²) in [6.07, 6.45) is 3.71. The molecule has 0 amide bonds. The standard InChI is InChI=1S/C32H33NO3.ClH/c34-32(35)16-15-23-7-5-11-26(21-23)30-22-27(36-31-14-4-3-13-29(30)31)18-20-33-19-17-25-10-6-9-24-8-1-2-12-28(24)25;/h1-14,21,27,30,33H,15-20,22H2,(H,34,35);1H. The lowest BCUT2D eigenvalue weighted by molar-refractivity contribution is -0.136. The molecule has 0 aliphatic carbocycles. The van der Waals surface area contributed by atoms with Crippen LogP contribution in [0.25, 0.3) is 10.8 Å². The van der Waals surface area contributed by atoms with Gasteiger partial charge in [0.2, 0.25) is 0 Å². The maximum Gasteiger partial charge on any atom is 0.303 e. The van der Waals surface area contributed by atoms with E-state index in [1.165, 1.54) is 27.5 Å². The van der Waals surface area contributed by atoms with Gasteiger partial charge < -0.3 is 15.2 Å². The summed E-state index contributed by atoms with van der Waals surface area (Å²) in [7, 11) is 0. The number of hydrogen-bond acceptors (Lipinski definition) is 3. The maximum absolute atomic E-state index is 11.0. The molecule has 4 aromatic rings. The number of carboxylic acid groups (broad SMARTS) is 1. The van der Waals surface area contributed by atoms with E-state index in [1.807, 2.05) is 12.1 Å². The molecular weight excluding hydrogens is 482 g/mol. The smallest absolute Gasteiger partial charge is 0.303 e. The van der Waals surface area contributed by atoms with Crippen molar-refractivity contribution in [2.24, 2.45) is 0 Å². The molecule has 0 saturated heterocycles. The number of aryl methyl sites for hydroxylation is 1. The number of fused-ring (bicyclic) bond motifs is 2. The fraction of sp³-hybridized carbons (Fsp3) is 0.281. The van der Waals surface area contributed by atoms with E-state index in [1.54, 1.807) is 0 Å². The molecule has 192 valence electrons. The predicted molar refractivity (Wildman–Crippen MR) is 152 cm³/mol. The van der Waals surface area contributed by atoms with Crippen molar-refractivity contribution < 1.29 is 14.6 Å². The van der Waals surface area contributed by atoms with Crippen LogP contribution in [-0.4, -0.2) is 30.3 Å². The Hall–Kier alpha value is -3.34. The Balaban J connectivity index is 0.00000320. The molecule has 4 aromatic carbocycles. The van der Waals surface area contributed by atoms with Gasteiger partial charge in [-0.25, -0.2) is 0 Å². The summed E-state index contributed by atoms with van der Waals surface area (Å²) in [6, 6.07) is 31.8. The van der Waals surface area contributed by atoms with E-state index in [0.29, 0.717) is 6.42 Å². The van der Waals surface area contributed by atoms with Crippen molar-refractivity contribution >= 4 is 29.1 Å². The Morgan fingerprint density at radius 1 is 0.892 bits per heavy atom. The van der Waals surface area contributed by atoms with E-state index in [0.717, 1.165) is 43.7 Å². The normalized spacial score (nSPS) is 16.4. The number of carbonyl (C=O) groups is 1. The molecule has 0 fully saturated rings. The van der Waals surface area contributed by atoms with Crippen LogP contribution in [-0.2, 0) is 17.6 Å². The topological polar surface area (TPSA) is 58.6 Å². The van der Waals surface area contributed by atoms with Crippen LogP contribution in [0.5, 0.6) is 5.75 Å². The van der Waals surface area contributed by atoms with E-state index in [9.17, 15) is 4.79 Å². The minimum Gasteiger partial charge on any atom is -0.490 e. The van der Waals surface area contributed by atoms with Crippen LogP contribution in [0.15, 0.2) is 91.0 Å². The average molecular weight is 516 g/mol. The van der Waals surface area contributed by atoms with Gasteiger partial charge in [0.15, 0.2) is 0 Å². The molecule has 5 heteroatoms. The minimum absolute atomic E-state index is 0. The summed E-state index contributed by atoms with van der Waals surface area (Å²) in [6.45, 7) is 1.84. The number of nitrogens with one attached hydrogen (secondary N) is 1. The fourth-order valence-electron chi connectivity index (χ4n) is 5.32. The molecule has 1 aliphatic heterocycles. The molecule has 37 heavy (non-hydrogen) atoms. The van der Waals surface area contributed by atoms with Crippen molar-refractivity contribution in [3.63, 3.8) is 0 Å². The van der Waals surface area contributed by atoms with E-state index in [-0.39, 0.29) is 30.8 Å². The van der Waals surface area contributed by atoms with E-state index in [2.05, 4.69) is 84.2 Å². The van der Waals surface area contributed by atoms with Crippen LogP contribution >= 0.6 is 12.4 Å². The van der Waals surface area contributed by atoms with Crippen molar-refractivity contribution in [1.29, 1.82) is 0 Å². The summed E-state index contributed by atoms with van der Waals surface area (Å²) < 4.78 is 6.40. The zero-order valence-corrected chi connectivity index (χ0v) is 21.8. The third-order valence-electron chi connectivity index (χ3n) is 7.16. The average Bonchev–Trinajstić information content (AvgIpc) is 2.91. The van der Waals surface area contributed by atoms with Crippen molar-refractivity contribution in [2.45, 2.75) is 44.1 Å². The van der Waals surface area contributed by atoms with E-state index in [4.69, 9.17) is 9.84 Å². The Morgan fingerprint density at radius 2 is 1.68 bits per heavy atom. The molecule has 1 heterocycles. The highest BCUT2D eigenvalue weighted by Crippen LogP contribution is 2.41. The van der Waals surface area contributed by atoms with Crippen LogP contribution in [0.3, 0.4) is 0 Å². The Morgan fingerprint density at radius 3 is 2.57 bits per heavy atom. The minimum atomic E-state index is -0.759.